The van der Waals surface area contributed by atoms with Crippen LogP contribution in [-0.4, -0.2) is 58.4 Å². The van der Waals surface area contributed by atoms with Crippen LogP contribution in [0.2, 0.25) is 0 Å². The Labute approximate surface area is 157 Å². The fourth-order valence-electron chi connectivity index (χ4n) is 3.18. The molecular formula is C22H32N2O2. The van der Waals surface area contributed by atoms with Crippen molar-refractivity contribution in [3.05, 3.63) is 71.8 Å². The van der Waals surface area contributed by atoms with E-state index in [2.05, 4.69) is 58.3 Å². The summed E-state index contributed by atoms with van der Waals surface area (Å²) >= 11 is 0. The first-order chi connectivity index (χ1) is 12.5. The normalized spacial score (nSPS) is 13.9. The minimum Gasteiger partial charge on any atom is -0.392 e. The number of aliphatic hydroxyl groups excluding tert-OH is 2. The van der Waals surface area contributed by atoms with Gasteiger partial charge < -0.3 is 10.2 Å². The summed E-state index contributed by atoms with van der Waals surface area (Å²) in [6.07, 6.45) is -0.795. The van der Waals surface area contributed by atoms with Gasteiger partial charge in [0.2, 0.25) is 0 Å². The van der Waals surface area contributed by atoms with E-state index in [4.69, 9.17) is 0 Å². The number of rotatable bonds is 11. The smallest absolute Gasteiger partial charge is 0.0639 e. The third-order valence-corrected chi connectivity index (χ3v) is 4.28. The minimum atomic E-state index is -0.398. The summed E-state index contributed by atoms with van der Waals surface area (Å²) in [5.41, 5.74) is 2.59. The van der Waals surface area contributed by atoms with Gasteiger partial charge in [-0.25, -0.2) is 0 Å². The standard InChI is InChI=1S/C22H32N2O2/c1-19(25)15-23(16-20(2)26)13-14-24(17-21-9-5-3-6-10-21)18-22-11-7-4-8-12-22/h3-12,19-20,25-26H,13-18H2,1-2H3. The molecule has 0 aliphatic rings. The van der Waals surface area contributed by atoms with Crippen LogP contribution in [0, 0.1) is 0 Å². The molecule has 0 bridgehead atoms. The van der Waals surface area contributed by atoms with Crippen LogP contribution in [0.15, 0.2) is 60.7 Å². The molecule has 0 aliphatic carbocycles. The highest BCUT2D eigenvalue weighted by molar-refractivity contribution is 5.17. The van der Waals surface area contributed by atoms with Crippen molar-refractivity contribution in [2.45, 2.75) is 39.1 Å². The highest BCUT2D eigenvalue weighted by Crippen LogP contribution is 2.10. The first-order valence-corrected chi connectivity index (χ1v) is 9.41. The third-order valence-electron chi connectivity index (χ3n) is 4.28. The van der Waals surface area contributed by atoms with E-state index in [1.165, 1.54) is 11.1 Å². The molecule has 2 rings (SSSR count). The zero-order valence-electron chi connectivity index (χ0n) is 16.0. The summed E-state index contributed by atoms with van der Waals surface area (Å²) in [7, 11) is 0. The van der Waals surface area contributed by atoms with Gasteiger partial charge in [0.25, 0.3) is 0 Å². The monoisotopic (exact) mass is 356 g/mol. The van der Waals surface area contributed by atoms with Gasteiger partial charge in [-0.1, -0.05) is 60.7 Å². The van der Waals surface area contributed by atoms with Crippen molar-refractivity contribution in [1.29, 1.82) is 0 Å². The average Bonchev–Trinajstić information content (AvgIpc) is 2.60. The molecule has 0 aromatic heterocycles. The van der Waals surface area contributed by atoms with Crippen LogP contribution < -0.4 is 0 Å². The third kappa shape index (κ3) is 8.11. The Balaban J connectivity index is 2.01. The van der Waals surface area contributed by atoms with Crippen LogP contribution >= 0.6 is 0 Å². The fraction of sp³-hybridized carbons (Fsp3) is 0.455. The summed E-state index contributed by atoms with van der Waals surface area (Å²) in [6.45, 7) is 8.20. The van der Waals surface area contributed by atoms with E-state index >= 15 is 0 Å². The van der Waals surface area contributed by atoms with Crippen LogP contribution in [0.4, 0.5) is 0 Å². The number of aliphatic hydroxyl groups is 2. The van der Waals surface area contributed by atoms with Crippen molar-refractivity contribution in [2.24, 2.45) is 0 Å². The van der Waals surface area contributed by atoms with Crippen LogP contribution in [0.3, 0.4) is 0 Å². The first kappa shape index (κ1) is 20.6. The van der Waals surface area contributed by atoms with Crippen LogP contribution in [0.25, 0.3) is 0 Å². The second-order valence-corrected chi connectivity index (χ2v) is 7.14. The zero-order chi connectivity index (χ0) is 18.8. The molecule has 0 radical (unpaired) electrons. The second kappa shape index (κ2) is 11.1. The van der Waals surface area contributed by atoms with Gasteiger partial charge in [0, 0.05) is 39.3 Å². The van der Waals surface area contributed by atoms with Gasteiger partial charge in [0.15, 0.2) is 0 Å². The van der Waals surface area contributed by atoms with Gasteiger partial charge in [-0.15, -0.1) is 0 Å². The molecule has 0 saturated heterocycles. The quantitative estimate of drug-likeness (QED) is 0.650. The topological polar surface area (TPSA) is 46.9 Å². The number of hydrogen-bond acceptors (Lipinski definition) is 4. The predicted molar refractivity (Wildman–Crippen MR) is 107 cm³/mol. The van der Waals surface area contributed by atoms with E-state index in [0.717, 1.165) is 26.2 Å². The van der Waals surface area contributed by atoms with Gasteiger partial charge in [-0.2, -0.15) is 0 Å². The Kier molecular flexibility index (Phi) is 8.78. The van der Waals surface area contributed by atoms with Gasteiger partial charge in [-0.3, -0.25) is 9.80 Å². The molecule has 0 amide bonds. The summed E-state index contributed by atoms with van der Waals surface area (Å²) in [5, 5.41) is 19.5. The number of benzene rings is 2. The summed E-state index contributed by atoms with van der Waals surface area (Å²) < 4.78 is 0. The lowest BCUT2D eigenvalue weighted by Crippen LogP contribution is -2.41. The van der Waals surface area contributed by atoms with E-state index < -0.39 is 12.2 Å². The maximum atomic E-state index is 9.73. The highest BCUT2D eigenvalue weighted by Gasteiger charge is 2.14. The molecule has 2 aromatic carbocycles. The molecule has 2 unspecified atom stereocenters. The molecule has 4 nitrogen and oxygen atoms in total. The van der Waals surface area contributed by atoms with Crippen molar-refractivity contribution in [3.8, 4) is 0 Å². The molecule has 0 spiro atoms. The molecule has 2 atom stereocenters. The Bertz CT molecular complexity index is 551. The van der Waals surface area contributed by atoms with Crippen molar-refractivity contribution in [3.63, 3.8) is 0 Å². The molecule has 4 heteroatoms. The van der Waals surface area contributed by atoms with E-state index in [1.807, 2.05) is 12.1 Å². The molecule has 26 heavy (non-hydrogen) atoms. The highest BCUT2D eigenvalue weighted by atomic mass is 16.3. The summed E-state index contributed by atoms with van der Waals surface area (Å²) in [4.78, 5) is 4.56. The lowest BCUT2D eigenvalue weighted by Gasteiger charge is -2.29. The number of hydrogen-bond donors (Lipinski definition) is 2. The molecule has 142 valence electrons. The van der Waals surface area contributed by atoms with Crippen molar-refractivity contribution in [1.82, 2.24) is 9.80 Å². The number of nitrogens with zero attached hydrogens (tertiary/aromatic N) is 2. The maximum absolute atomic E-state index is 9.73. The Morgan fingerprint density at radius 3 is 1.42 bits per heavy atom. The largest absolute Gasteiger partial charge is 0.392 e. The van der Waals surface area contributed by atoms with Crippen LogP contribution in [-0.2, 0) is 13.1 Å². The average molecular weight is 357 g/mol. The lowest BCUT2D eigenvalue weighted by atomic mass is 10.1. The van der Waals surface area contributed by atoms with Crippen molar-refractivity contribution < 1.29 is 10.2 Å². The summed E-state index contributed by atoms with van der Waals surface area (Å²) in [5.74, 6) is 0. The Morgan fingerprint density at radius 2 is 1.04 bits per heavy atom. The van der Waals surface area contributed by atoms with E-state index in [-0.39, 0.29) is 0 Å². The zero-order valence-corrected chi connectivity index (χ0v) is 16.0. The molecule has 0 fully saturated rings. The predicted octanol–water partition coefficient (Wildman–Crippen LogP) is 2.75. The fourth-order valence-corrected chi connectivity index (χ4v) is 3.18. The van der Waals surface area contributed by atoms with Gasteiger partial charge in [0.05, 0.1) is 12.2 Å². The Hall–Kier alpha value is -1.72. The van der Waals surface area contributed by atoms with Gasteiger partial charge in [0.1, 0.15) is 0 Å². The van der Waals surface area contributed by atoms with Gasteiger partial charge in [-0.05, 0) is 25.0 Å². The minimum absolute atomic E-state index is 0.398. The molecule has 2 N–H and O–H groups in total. The molecular weight excluding hydrogens is 324 g/mol. The van der Waals surface area contributed by atoms with Crippen molar-refractivity contribution >= 4 is 0 Å². The SMILES string of the molecule is CC(O)CN(CCN(Cc1ccccc1)Cc1ccccc1)CC(C)O. The van der Waals surface area contributed by atoms with Crippen LogP contribution in [0.5, 0.6) is 0 Å². The maximum Gasteiger partial charge on any atom is 0.0639 e. The second-order valence-electron chi connectivity index (χ2n) is 7.14. The van der Waals surface area contributed by atoms with E-state index in [0.29, 0.717) is 13.1 Å². The van der Waals surface area contributed by atoms with Gasteiger partial charge >= 0.3 is 0 Å². The molecule has 0 aliphatic heterocycles. The molecule has 0 saturated carbocycles. The Morgan fingerprint density at radius 1 is 0.654 bits per heavy atom. The van der Waals surface area contributed by atoms with Crippen molar-refractivity contribution in [2.75, 3.05) is 26.2 Å². The van der Waals surface area contributed by atoms with E-state index in [9.17, 15) is 10.2 Å². The van der Waals surface area contributed by atoms with E-state index in [1.54, 1.807) is 13.8 Å². The molecule has 2 aromatic rings. The van der Waals surface area contributed by atoms with Crippen LogP contribution in [0.1, 0.15) is 25.0 Å². The summed E-state index contributed by atoms with van der Waals surface area (Å²) in [6, 6.07) is 21.0. The molecule has 0 heterocycles. The lowest BCUT2D eigenvalue weighted by molar-refractivity contribution is 0.0746. The first-order valence-electron chi connectivity index (χ1n) is 9.41.